The molecule has 7 heteroatoms. The Morgan fingerprint density at radius 1 is 1.39 bits per heavy atom. The predicted molar refractivity (Wildman–Crippen MR) is 108 cm³/mol. The summed E-state index contributed by atoms with van der Waals surface area (Å²) in [6.45, 7) is 8.16. The smallest absolute Gasteiger partial charge is 0.305 e. The topological polar surface area (TPSA) is 62.7 Å². The number of halogens is 1. The molecule has 132 valence electrons. The molecule has 1 aromatic rings. The van der Waals surface area contributed by atoms with Gasteiger partial charge in [-0.3, -0.25) is 9.79 Å². The van der Waals surface area contributed by atoms with Crippen molar-refractivity contribution in [3.63, 3.8) is 0 Å². The second-order valence-corrected chi connectivity index (χ2v) is 6.57. The first-order valence-electron chi connectivity index (χ1n) is 7.63. The molecule has 0 saturated heterocycles. The molecular formula is C16H28IN3O2S. The van der Waals surface area contributed by atoms with Crippen molar-refractivity contribution >= 4 is 47.2 Å². The van der Waals surface area contributed by atoms with Gasteiger partial charge in [0.2, 0.25) is 0 Å². The third-order valence-electron chi connectivity index (χ3n) is 3.27. The zero-order valence-electron chi connectivity index (χ0n) is 14.3. The van der Waals surface area contributed by atoms with Crippen molar-refractivity contribution in [3.05, 3.63) is 22.4 Å². The molecule has 0 aromatic carbocycles. The van der Waals surface area contributed by atoms with E-state index >= 15 is 0 Å². The Morgan fingerprint density at radius 3 is 2.70 bits per heavy atom. The van der Waals surface area contributed by atoms with Gasteiger partial charge in [-0.15, -0.1) is 35.3 Å². The minimum Gasteiger partial charge on any atom is -0.466 e. The summed E-state index contributed by atoms with van der Waals surface area (Å²) in [5.41, 5.74) is 0.0523. The van der Waals surface area contributed by atoms with Gasteiger partial charge in [0, 0.05) is 36.9 Å². The highest BCUT2D eigenvalue weighted by molar-refractivity contribution is 14.0. The van der Waals surface area contributed by atoms with Crippen LogP contribution in [0.25, 0.3) is 0 Å². The van der Waals surface area contributed by atoms with Crippen LogP contribution in [0.1, 0.15) is 38.5 Å². The van der Waals surface area contributed by atoms with Crippen LogP contribution in [-0.4, -0.2) is 38.7 Å². The molecule has 1 heterocycles. The number of aliphatic imine (C=N–C) groups is 1. The van der Waals surface area contributed by atoms with Gasteiger partial charge in [-0.05, 0) is 24.8 Å². The van der Waals surface area contributed by atoms with Crippen LogP contribution in [0.2, 0.25) is 0 Å². The molecule has 1 aromatic heterocycles. The van der Waals surface area contributed by atoms with E-state index < -0.39 is 0 Å². The number of guanidine groups is 1. The van der Waals surface area contributed by atoms with Crippen LogP contribution in [0.5, 0.6) is 0 Å². The van der Waals surface area contributed by atoms with E-state index in [-0.39, 0.29) is 35.4 Å². The van der Waals surface area contributed by atoms with Crippen molar-refractivity contribution in [2.45, 2.75) is 39.0 Å². The fourth-order valence-corrected chi connectivity index (χ4v) is 2.80. The largest absolute Gasteiger partial charge is 0.466 e. The molecule has 2 N–H and O–H groups in total. The van der Waals surface area contributed by atoms with Crippen molar-refractivity contribution in [2.24, 2.45) is 4.99 Å². The van der Waals surface area contributed by atoms with Gasteiger partial charge in [-0.25, -0.2) is 0 Å². The maximum absolute atomic E-state index is 11.3. The van der Waals surface area contributed by atoms with Crippen LogP contribution < -0.4 is 10.6 Å². The summed E-state index contributed by atoms with van der Waals surface area (Å²) < 4.78 is 4.90. The van der Waals surface area contributed by atoms with Gasteiger partial charge < -0.3 is 15.4 Å². The van der Waals surface area contributed by atoms with Crippen molar-refractivity contribution in [2.75, 3.05) is 26.7 Å². The van der Waals surface area contributed by atoms with Crippen LogP contribution >= 0.6 is 35.3 Å². The normalized spacial score (nSPS) is 11.6. The van der Waals surface area contributed by atoms with E-state index in [4.69, 9.17) is 4.74 Å². The lowest BCUT2D eigenvalue weighted by molar-refractivity contribution is -0.143. The predicted octanol–water partition coefficient (Wildman–Crippen LogP) is 3.15. The molecule has 0 amide bonds. The van der Waals surface area contributed by atoms with Gasteiger partial charge in [0.15, 0.2) is 5.96 Å². The van der Waals surface area contributed by atoms with E-state index in [0.29, 0.717) is 19.6 Å². The Kier molecular flexibility index (Phi) is 11.2. The fraction of sp³-hybridized carbons (Fsp3) is 0.625. The van der Waals surface area contributed by atoms with Crippen molar-refractivity contribution in [1.29, 1.82) is 0 Å². The van der Waals surface area contributed by atoms with Gasteiger partial charge >= 0.3 is 5.97 Å². The highest BCUT2D eigenvalue weighted by Crippen LogP contribution is 2.26. The first kappa shape index (κ1) is 22.2. The third-order valence-corrected chi connectivity index (χ3v) is 4.50. The summed E-state index contributed by atoms with van der Waals surface area (Å²) in [5, 5.41) is 8.66. The summed E-state index contributed by atoms with van der Waals surface area (Å²) in [6.07, 6.45) is 1.16. The number of carbonyl (C=O) groups is 1. The average molecular weight is 453 g/mol. The standard InChI is InChI=1S/C16H27N3O2S.HI/c1-5-21-14(20)9-6-10-18-15(17-4)19-12-16(2,3)13-8-7-11-22-13;/h7-8,11H,5-6,9-10,12H2,1-4H3,(H2,17,18,19);1H. The molecule has 1 rings (SSSR count). The number of nitrogens with zero attached hydrogens (tertiary/aromatic N) is 1. The number of ether oxygens (including phenoxy) is 1. The molecule has 0 aliphatic carbocycles. The van der Waals surface area contributed by atoms with Gasteiger partial charge in [0.1, 0.15) is 0 Å². The third kappa shape index (κ3) is 8.55. The minimum atomic E-state index is -0.147. The van der Waals surface area contributed by atoms with Gasteiger partial charge in [0.25, 0.3) is 0 Å². The Labute approximate surface area is 160 Å². The summed E-state index contributed by atoms with van der Waals surface area (Å²) in [6, 6.07) is 4.23. The summed E-state index contributed by atoms with van der Waals surface area (Å²) in [5.74, 6) is 0.611. The number of esters is 1. The van der Waals surface area contributed by atoms with E-state index in [1.54, 1.807) is 18.4 Å². The maximum atomic E-state index is 11.3. The van der Waals surface area contributed by atoms with Crippen LogP contribution in [-0.2, 0) is 14.9 Å². The lowest BCUT2D eigenvalue weighted by Crippen LogP contribution is -2.43. The highest BCUT2D eigenvalue weighted by Gasteiger charge is 2.21. The number of rotatable bonds is 8. The lowest BCUT2D eigenvalue weighted by atomic mass is 9.91. The molecule has 0 aliphatic rings. The second-order valence-electron chi connectivity index (χ2n) is 5.62. The first-order chi connectivity index (χ1) is 10.5. The Balaban J connectivity index is 0.00000484. The van der Waals surface area contributed by atoms with E-state index in [0.717, 1.165) is 18.9 Å². The number of hydrogen-bond acceptors (Lipinski definition) is 4. The number of carbonyl (C=O) groups excluding carboxylic acids is 1. The van der Waals surface area contributed by atoms with Crippen molar-refractivity contribution in [1.82, 2.24) is 10.6 Å². The Hall–Kier alpha value is -0.830. The second kappa shape index (κ2) is 11.7. The molecule has 0 unspecified atom stereocenters. The first-order valence-corrected chi connectivity index (χ1v) is 8.51. The average Bonchev–Trinajstić information content (AvgIpc) is 3.02. The van der Waals surface area contributed by atoms with E-state index in [2.05, 4.69) is 47.0 Å². The summed E-state index contributed by atoms with van der Waals surface area (Å²) in [7, 11) is 1.75. The molecular weight excluding hydrogens is 425 g/mol. The maximum Gasteiger partial charge on any atom is 0.305 e. The SMILES string of the molecule is CCOC(=O)CCCNC(=NC)NCC(C)(C)c1cccs1.I. The number of nitrogens with one attached hydrogen (secondary N) is 2. The van der Waals surface area contributed by atoms with Crippen molar-refractivity contribution in [3.8, 4) is 0 Å². The zero-order valence-corrected chi connectivity index (χ0v) is 17.5. The summed E-state index contributed by atoms with van der Waals surface area (Å²) >= 11 is 1.77. The molecule has 23 heavy (non-hydrogen) atoms. The molecule has 0 bridgehead atoms. The van der Waals surface area contributed by atoms with Crippen LogP contribution in [0.15, 0.2) is 22.5 Å². The highest BCUT2D eigenvalue weighted by atomic mass is 127. The number of hydrogen-bond donors (Lipinski definition) is 2. The van der Waals surface area contributed by atoms with E-state index in [1.807, 2.05) is 6.92 Å². The van der Waals surface area contributed by atoms with Gasteiger partial charge in [0.05, 0.1) is 6.61 Å². The van der Waals surface area contributed by atoms with Crippen molar-refractivity contribution < 1.29 is 9.53 Å². The van der Waals surface area contributed by atoms with E-state index in [1.165, 1.54) is 4.88 Å². The quantitative estimate of drug-likeness (QED) is 0.209. The fourth-order valence-electron chi connectivity index (χ4n) is 1.95. The molecule has 0 fully saturated rings. The van der Waals surface area contributed by atoms with Crippen LogP contribution in [0.4, 0.5) is 0 Å². The minimum absolute atomic E-state index is 0. The molecule has 0 radical (unpaired) electrons. The summed E-state index contributed by atoms with van der Waals surface area (Å²) in [4.78, 5) is 16.8. The van der Waals surface area contributed by atoms with Gasteiger partial charge in [-0.1, -0.05) is 19.9 Å². The lowest BCUT2D eigenvalue weighted by Gasteiger charge is -2.25. The number of thiophene rings is 1. The molecule has 0 saturated carbocycles. The molecule has 0 spiro atoms. The molecule has 0 atom stereocenters. The zero-order chi connectivity index (χ0) is 16.4. The van der Waals surface area contributed by atoms with E-state index in [9.17, 15) is 4.79 Å². The van der Waals surface area contributed by atoms with Gasteiger partial charge in [-0.2, -0.15) is 0 Å². The van der Waals surface area contributed by atoms with Crippen LogP contribution in [0.3, 0.4) is 0 Å². The Morgan fingerprint density at radius 2 is 2.13 bits per heavy atom. The monoisotopic (exact) mass is 453 g/mol. The Bertz CT molecular complexity index is 476. The molecule has 5 nitrogen and oxygen atoms in total. The van der Waals surface area contributed by atoms with Crippen LogP contribution in [0, 0.1) is 0 Å². The molecule has 0 aliphatic heterocycles.